The molecule has 0 spiro atoms. The molecule has 0 aliphatic heterocycles. The maximum Gasteiger partial charge on any atom is 0.243 e. The third kappa shape index (κ3) is 3.10. The minimum absolute atomic E-state index is 0. The highest BCUT2D eigenvalue weighted by Crippen LogP contribution is 2.24. The van der Waals surface area contributed by atoms with Gasteiger partial charge in [-0.3, -0.25) is 4.79 Å². The van der Waals surface area contributed by atoms with Gasteiger partial charge >= 0.3 is 0 Å². The van der Waals surface area contributed by atoms with Gasteiger partial charge in [0.25, 0.3) is 0 Å². The van der Waals surface area contributed by atoms with Gasteiger partial charge in [-0.15, -0.1) is 0 Å². The fourth-order valence-corrected chi connectivity index (χ4v) is 1.55. The van der Waals surface area contributed by atoms with Crippen LogP contribution in [0.25, 0.3) is 0 Å². The number of Topliss-reactive ketones (excluding diaryl/α,β-unsaturated/α-hetero) is 1. The second kappa shape index (κ2) is 5.68. The van der Waals surface area contributed by atoms with Crippen LogP contribution >= 0.6 is 0 Å². The Morgan fingerprint density at radius 1 is 1.33 bits per heavy atom. The highest BCUT2D eigenvalue weighted by molar-refractivity contribution is 5.95. The molecule has 0 aliphatic carbocycles. The lowest BCUT2D eigenvalue weighted by atomic mass is 10.1. The van der Waals surface area contributed by atoms with Crippen molar-refractivity contribution >= 4 is 5.78 Å². The standard InChI is InChI=1S/C12H12N2O3.BrH/c1-13-4-5-14(8-13)7-12(17)9-2-3-10(15)11(16)6-9;/h2-6,8H,7H2,1H3,(H-,15,16,17);1H. The van der Waals surface area contributed by atoms with Crippen molar-refractivity contribution in [3.05, 3.63) is 42.5 Å². The number of imidazole rings is 1. The number of carbonyl (C=O) groups excluding carboxylic acids is 1. The van der Waals surface area contributed by atoms with E-state index < -0.39 is 0 Å². The Bertz CT molecular complexity index is 566. The van der Waals surface area contributed by atoms with Crippen molar-refractivity contribution in [1.82, 2.24) is 4.57 Å². The fraction of sp³-hybridized carbons (Fsp3) is 0.167. The highest BCUT2D eigenvalue weighted by atomic mass is 79.9. The van der Waals surface area contributed by atoms with E-state index in [0.29, 0.717) is 5.56 Å². The van der Waals surface area contributed by atoms with E-state index in [1.807, 2.05) is 17.8 Å². The van der Waals surface area contributed by atoms with E-state index in [9.17, 15) is 9.90 Å². The Balaban J connectivity index is 0.00000162. The summed E-state index contributed by atoms with van der Waals surface area (Å²) >= 11 is 0. The lowest BCUT2D eigenvalue weighted by molar-refractivity contribution is -0.682. The zero-order valence-electron chi connectivity index (χ0n) is 9.75. The lowest BCUT2D eigenvalue weighted by Gasteiger charge is -2.01. The van der Waals surface area contributed by atoms with E-state index in [4.69, 9.17) is 5.11 Å². The van der Waals surface area contributed by atoms with Crippen LogP contribution in [0.4, 0.5) is 0 Å². The number of hydrogen-bond donors (Lipinski definition) is 2. The molecule has 1 aromatic heterocycles. The van der Waals surface area contributed by atoms with Crippen LogP contribution in [0.5, 0.6) is 11.5 Å². The van der Waals surface area contributed by atoms with Gasteiger partial charge in [0.2, 0.25) is 12.1 Å². The first kappa shape index (κ1) is 14.2. The first-order chi connectivity index (χ1) is 8.06. The van der Waals surface area contributed by atoms with Crippen LogP contribution in [0.2, 0.25) is 0 Å². The first-order valence-electron chi connectivity index (χ1n) is 5.12. The van der Waals surface area contributed by atoms with Gasteiger partial charge in [0.05, 0.1) is 7.05 Å². The third-order valence-corrected chi connectivity index (χ3v) is 2.45. The third-order valence-electron chi connectivity index (χ3n) is 2.45. The minimum atomic E-state index is -0.283. The second-order valence-electron chi connectivity index (χ2n) is 3.88. The first-order valence-corrected chi connectivity index (χ1v) is 5.12. The summed E-state index contributed by atoms with van der Waals surface area (Å²) in [5, 5.41) is 18.5. The number of phenolic OH excluding ortho intramolecular Hbond substituents is 2. The molecule has 0 saturated carbocycles. The molecular formula is C12H13BrN2O3. The summed E-state index contributed by atoms with van der Waals surface area (Å²) in [6, 6.07) is 4.06. The summed E-state index contributed by atoms with van der Waals surface area (Å²) in [6.45, 7) is 0.199. The van der Waals surface area contributed by atoms with Gasteiger partial charge in [-0.1, -0.05) is 0 Å². The molecule has 96 valence electrons. The van der Waals surface area contributed by atoms with Gasteiger partial charge in [-0.2, -0.15) is 0 Å². The second-order valence-corrected chi connectivity index (χ2v) is 3.88. The molecule has 5 nitrogen and oxygen atoms in total. The summed E-state index contributed by atoms with van der Waals surface area (Å²) in [5.74, 6) is -0.640. The number of hydrogen-bond acceptors (Lipinski definition) is 3. The van der Waals surface area contributed by atoms with Crippen LogP contribution in [0, 0.1) is 0 Å². The van der Waals surface area contributed by atoms with Gasteiger partial charge in [0, 0.05) is 5.56 Å². The molecule has 0 aliphatic rings. The molecule has 0 atom stereocenters. The van der Waals surface area contributed by atoms with Crippen molar-refractivity contribution in [2.75, 3.05) is 0 Å². The molecule has 0 fully saturated rings. The number of carbonyl (C=O) groups is 1. The number of rotatable bonds is 3. The van der Waals surface area contributed by atoms with Gasteiger partial charge in [0.1, 0.15) is 12.4 Å². The molecule has 0 radical (unpaired) electrons. The van der Waals surface area contributed by atoms with E-state index in [1.54, 1.807) is 17.1 Å². The van der Waals surface area contributed by atoms with E-state index in [1.165, 1.54) is 18.2 Å². The predicted molar refractivity (Wildman–Crippen MR) is 59.7 cm³/mol. The molecule has 6 heteroatoms. The summed E-state index contributed by atoms with van der Waals surface area (Å²) < 4.78 is 3.58. The molecule has 0 unspecified atom stereocenters. The van der Waals surface area contributed by atoms with Crippen LogP contribution in [-0.2, 0) is 13.6 Å². The number of halogens is 1. The van der Waals surface area contributed by atoms with Crippen molar-refractivity contribution in [1.29, 1.82) is 0 Å². The molecule has 0 bridgehead atoms. The maximum absolute atomic E-state index is 11.9. The van der Waals surface area contributed by atoms with E-state index in [0.717, 1.165) is 0 Å². The monoisotopic (exact) mass is 312 g/mol. The summed E-state index contributed by atoms with van der Waals surface area (Å²) in [5.41, 5.74) is 0.372. The molecule has 2 aromatic rings. The zero-order chi connectivity index (χ0) is 12.4. The van der Waals surface area contributed by atoms with Gasteiger partial charge in [-0.25, -0.2) is 9.13 Å². The van der Waals surface area contributed by atoms with E-state index in [-0.39, 0.29) is 40.8 Å². The van der Waals surface area contributed by atoms with E-state index in [2.05, 4.69) is 0 Å². The number of aryl methyl sites for hydroxylation is 1. The Kier molecular flexibility index (Phi) is 4.49. The molecule has 1 aromatic carbocycles. The van der Waals surface area contributed by atoms with Crippen molar-refractivity contribution in [3.63, 3.8) is 0 Å². The van der Waals surface area contributed by atoms with Crippen LogP contribution in [0.3, 0.4) is 0 Å². The molecule has 1 heterocycles. The number of ketones is 1. The number of nitrogens with zero attached hydrogens (tertiary/aromatic N) is 2. The Morgan fingerprint density at radius 3 is 2.61 bits per heavy atom. The largest absolute Gasteiger partial charge is 1.00 e. The molecule has 2 rings (SSSR count). The summed E-state index contributed by atoms with van der Waals surface area (Å²) in [6.07, 6.45) is 5.41. The van der Waals surface area contributed by atoms with Crippen LogP contribution in [0.1, 0.15) is 10.4 Å². The fourth-order valence-electron chi connectivity index (χ4n) is 1.55. The summed E-state index contributed by atoms with van der Waals surface area (Å²) in [4.78, 5) is 11.9. The van der Waals surface area contributed by atoms with Crippen molar-refractivity contribution < 1.29 is 36.6 Å². The normalized spacial score (nSPS) is 9.83. The summed E-state index contributed by atoms with van der Waals surface area (Å²) in [7, 11) is 1.87. The zero-order valence-corrected chi connectivity index (χ0v) is 11.3. The number of aromatic nitrogens is 2. The van der Waals surface area contributed by atoms with Crippen LogP contribution < -0.4 is 21.5 Å². The quantitative estimate of drug-likeness (QED) is 0.378. The van der Waals surface area contributed by atoms with Crippen LogP contribution in [0.15, 0.2) is 36.9 Å². The smallest absolute Gasteiger partial charge is 0.243 e. The highest BCUT2D eigenvalue weighted by Gasteiger charge is 2.12. The number of benzene rings is 1. The minimum Gasteiger partial charge on any atom is -1.00 e. The van der Waals surface area contributed by atoms with Gasteiger partial charge < -0.3 is 27.2 Å². The molecule has 0 saturated heterocycles. The lowest BCUT2D eigenvalue weighted by Crippen LogP contribution is -3.00. The van der Waals surface area contributed by atoms with Crippen molar-refractivity contribution in [3.8, 4) is 11.5 Å². The average molecular weight is 313 g/mol. The Hall–Kier alpha value is -1.82. The number of aromatic hydroxyl groups is 2. The van der Waals surface area contributed by atoms with E-state index >= 15 is 0 Å². The number of phenols is 2. The maximum atomic E-state index is 11.9. The van der Waals surface area contributed by atoms with Crippen molar-refractivity contribution in [2.45, 2.75) is 6.54 Å². The molecular weight excluding hydrogens is 300 g/mol. The average Bonchev–Trinajstić information content (AvgIpc) is 2.68. The Morgan fingerprint density at radius 2 is 2.06 bits per heavy atom. The Labute approximate surface area is 115 Å². The SMILES string of the molecule is Cn1cc[n+](CC(=O)c2ccc(O)c(O)c2)c1.[Br-]. The molecule has 2 N–H and O–H groups in total. The van der Waals surface area contributed by atoms with Gasteiger partial charge in [-0.05, 0) is 18.2 Å². The molecule has 18 heavy (non-hydrogen) atoms. The van der Waals surface area contributed by atoms with Gasteiger partial charge in [0.15, 0.2) is 18.0 Å². The predicted octanol–water partition coefficient (Wildman–Crippen LogP) is -2.39. The van der Waals surface area contributed by atoms with Crippen molar-refractivity contribution in [2.24, 2.45) is 7.05 Å². The topological polar surface area (TPSA) is 66.3 Å². The molecule has 0 amide bonds. The van der Waals surface area contributed by atoms with Crippen LogP contribution in [-0.4, -0.2) is 20.6 Å².